The van der Waals surface area contributed by atoms with Gasteiger partial charge in [-0.25, -0.2) is 4.42 Å². The summed E-state index contributed by atoms with van der Waals surface area (Å²) in [5.74, 6) is -0.418. The van der Waals surface area contributed by atoms with Crippen LogP contribution in [0.4, 0.5) is 0 Å². The van der Waals surface area contributed by atoms with E-state index in [1.807, 2.05) is 11.8 Å². The highest BCUT2D eigenvalue weighted by molar-refractivity contribution is 6.13. The summed E-state index contributed by atoms with van der Waals surface area (Å²) in [6, 6.07) is 0.774. The number of carboxylic acids is 1. The molecule has 1 saturated heterocycles. The van der Waals surface area contributed by atoms with Gasteiger partial charge in [-0.15, -0.1) is 0 Å². The number of amides is 1. The van der Waals surface area contributed by atoms with E-state index >= 15 is 0 Å². The van der Waals surface area contributed by atoms with Gasteiger partial charge in [0.05, 0.1) is 0 Å². The molecular formula is C16H31ClN2O3. The zero-order chi connectivity index (χ0) is 17.1. The lowest BCUT2D eigenvalue weighted by atomic mass is 10.2. The Morgan fingerprint density at radius 1 is 1.36 bits per heavy atom. The van der Waals surface area contributed by atoms with Crippen molar-refractivity contribution in [3.63, 3.8) is 0 Å². The van der Waals surface area contributed by atoms with Gasteiger partial charge >= 0.3 is 5.97 Å². The molecule has 0 radical (unpaired) electrons. The van der Waals surface area contributed by atoms with Gasteiger partial charge in [0, 0.05) is 38.0 Å². The van der Waals surface area contributed by atoms with Crippen molar-refractivity contribution in [3.8, 4) is 0 Å². The second-order valence-electron chi connectivity index (χ2n) is 5.83. The number of carbonyl (C=O) groups is 2. The number of halogens is 1. The first-order valence-corrected chi connectivity index (χ1v) is 8.60. The summed E-state index contributed by atoms with van der Waals surface area (Å²) in [7, 11) is 0. The second-order valence-corrected chi connectivity index (χ2v) is 6.26. The van der Waals surface area contributed by atoms with Crippen molar-refractivity contribution >= 4 is 23.7 Å². The molecule has 1 N–H and O–H groups in total. The summed E-state index contributed by atoms with van der Waals surface area (Å²) < 4.78 is 1.67. The Balaban J connectivity index is 0.000000406. The minimum absolute atomic E-state index is 0.194. The molecule has 2 unspecified atom stereocenters. The molecule has 0 aromatic carbocycles. The molecular weight excluding hydrogens is 304 g/mol. The first-order chi connectivity index (χ1) is 10.3. The Labute approximate surface area is 139 Å². The van der Waals surface area contributed by atoms with Crippen LogP contribution in [0.5, 0.6) is 0 Å². The Hall–Kier alpha value is -0.810. The average molecular weight is 335 g/mol. The van der Waals surface area contributed by atoms with E-state index in [4.69, 9.17) is 16.9 Å². The van der Waals surface area contributed by atoms with E-state index in [2.05, 4.69) is 20.8 Å². The summed E-state index contributed by atoms with van der Waals surface area (Å²) >= 11 is 5.86. The molecule has 0 aromatic heterocycles. The number of nitrogens with zero attached hydrogens (tertiary/aromatic N) is 2. The molecule has 1 aliphatic rings. The number of carboxylic acid groups (broad SMARTS) is 1. The van der Waals surface area contributed by atoms with Crippen LogP contribution in [-0.2, 0) is 9.59 Å². The molecule has 0 spiro atoms. The maximum atomic E-state index is 11.1. The summed E-state index contributed by atoms with van der Waals surface area (Å²) in [5.41, 5.74) is 0. The van der Waals surface area contributed by atoms with Gasteiger partial charge in [0.25, 0.3) is 0 Å². The summed E-state index contributed by atoms with van der Waals surface area (Å²) in [4.78, 5) is 23.2. The lowest BCUT2D eigenvalue weighted by Gasteiger charge is -2.22. The van der Waals surface area contributed by atoms with Gasteiger partial charge in [0.15, 0.2) is 0 Å². The quantitative estimate of drug-likeness (QED) is 0.690. The highest BCUT2D eigenvalue weighted by Crippen LogP contribution is 2.14. The lowest BCUT2D eigenvalue weighted by molar-refractivity contribution is -0.137. The van der Waals surface area contributed by atoms with Gasteiger partial charge in [0.2, 0.25) is 5.91 Å². The molecule has 0 aromatic rings. The number of hydrogen-bond acceptors (Lipinski definition) is 3. The van der Waals surface area contributed by atoms with E-state index in [0.29, 0.717) is 31.0 Å². The summed E-state index contributed by atoms with van der Waals surface area (Å²) in [6.07, 6.45) is 4.69. The van der Waals surface area contributed by atoms with Gasteiger partial charge in [-0.3, -0.25) is 9.59 Å². The van der Waals surface area contributed by atoms with Crippen molar-refractivity contribution < 1.29 is 14.7 Å². The maximum absolute atomic E-state index is 11.1. The van der Waals surface area contributed by atoms with Crippen molar-refractivity contribution in [1.82, 2.24) is 9.32 Å². The SMILES string of the molecule is CCC(C)N(Cl)CCCC(=O)O.CCC(C)N1CCCC1=O. The fraction of sp³-hybridized carbons (Fsp3) is 0.875. The molecule has 6 heteroatoms. The fourth-order valence-corrected chi connectivity index (χ4v) is 2.41. The van der Waals surface area contributed by atoms with Crippen molar-refractivity contribution in [3.05, 3.63) is 0 Å². The number of aliphatic carboxylic acids is 1. The highest BCUT2D eigenvalue weighted by Gasteiger charge is 2.23. The third kappa shape index (κ3) is 8.59. The van der Waals surface area contributed by atoms with Crippen LogP contribution in [0.3, 0.4) is 0 Å². The molecule has 22 heavy (non-hydrogen) atoms. The zero-order valence-electron chi connectivity index (χ0n) is 14.3. The van der Waals surface area contributed by atoms with Gasteiger partial charge in [-0.05, 0) is 51.3 Å². The predicted octanol–water partition coefficient (Wildman–Crippen LogP) is 3.51. The monoisotopic (exact) mass is 334 g/mol. The molecule has 1 fully saturated rings. The molecule has 1 aliphatic heterocycles. The minimum atomic E-state index is -0.760. The van der Waals surface area contributed by atoms with E-state index in [-0.39, 0.29) is 6.42 Å². The Bertz CT molecular complexity index is 339. The topological polar surface area (TPSA) is 60.9 Å². The summed E-state index contributed by atoms with van der Waals surface area (Å²) in [6.45, 7) is 9.93. The number of rotatable bonds is 8. The molecule has 0 bridgehead atoms. The minimum Gasteiger partial charge on any atom is -0.481 e. The predicted molar refractivity (Wildman–Crippen MR) is 89.9 cm³/mol. The number of carbonyl (C=O) groups excluding carboxylic acids is 1. The van der Waals surface area contributed by atoms with Crippen LogP contribution in [0, 0.1) is 0 Å². The first-order valence-electron chi connectivity index (χ1n) is 8.27. The molecule has 1 rings (SSSR count). The van der Waals surface area contributed by atoms with Crippen molar-refractivity contribution in [1.29, 1.82) is 0 Å². The molecule has 1 amide bonds. The largest absolute Gasteiger partial charge is 0.481 e. The standard InChI is InChI=1S/C8H16ClNO2.C8H15NO/c1-3-7(2)10(9)6-4-5-8(11)12;1-3-7(2)9-6-4-5-8(9)10/h7H,3-6H2,1-2H3,(H,11,12);7H,3-6H2,1-2H3. The maximum Gasteiger partial charge on any atom is 0.303 e. The first kappa shape index (κ1) is 21.2. The van der Waals surface area contributed by atoms with Crippen LogP contribution in [0.2, 0.25) is 0 Å². The van der Waals surface area contributed by atoms with Crippen LogP contribution < -0.4 is 0 Å². The van der Waals surface area contributed by atoms with Crippen LogP contribution >= 0.6 is 11.8 Å². The smallest absolute Gasteiger partial charge is 0.303 e. The lowest BCUT2D eigenvalue weighted by Crippen LogP contribution is -2.33. The van der Waals surface area contributed by atoms with E-state index in [0.717, 1.165) is 32.2 Å². The van der Waals surface area contributed by atoms with Crippen LogP contribution in [0.1, 0.15) is 66.2 Å². The van der Waals surface area contributed by atoms with Gasteiger partial charge in [-0.1, -0.05) is 13.8 Å². The van der Waals surface area contributed by atoms with Crippen molar-refractivity contribution in [2.75, 3.05) is 13.1 Å². The highest BCUT2D eigenvalue weighted by atomic mass is 35.5. The Morgan fingerprint density at radius 3 is 2.41 bits per heavy atom. The molecule has 5 nitrogen and oxygen atoms in total. The van der Waals surface area contributed by atoms with Gasteiger partial charge < -0.3 is 10.0 Å². The molecule has 0 aliphatic carbocycles. The van der Waals surface area contributed by atoms with Crippen LogP contribution in [0.15, 0.2) is 0 Å². The molecule has 1 heterocycles. The molecule has 2 atom stereocenters. The second kappa shape index (κ2) is 11.7. The van der Waals surface area contributed by atoms with Crippen molar-refractivity contribution in [2.45, 2.75) is 78.3 Å². The van der Waals surface area contributed by atoms with E-state index in [1.165, 1.54) is 0 Å². The zero-order valence-corrected chi connectivity index (χ0v) is 15.1. The molecule has 0 saturated carbocycles. The van der Waals surface area contributed by atoms with Crippen LogP contribution in [0.25, 0.3) is 0 Å². The van der Waals surface area contributed by atoms with Gasteiger partial charge in [-0.2, -0.15) is 0 Å². The number of likely N-dealkylation sites (tertiary alicyclic amines) is 1. The summed E-state index contributed by atoms with van der Waals surface area (Å²) in [5, 5.41) is 8.36. The molecule has 130 valence electrons. The van der Waals surface area contributed by atoms with Crippen molar-refractivity contribution in [2.24, 2.45) is 0 Å². The van der Waals surface area contributed by atoms with E-state index < -0.39 is 5.97 Å². The van der Waals surface area contributed by atoms with Gasteiger partial charge in [0.1, 0.15) is 0 Å². The average Bonchev–Trinajstić information content (AvgIpc) is 2.91. The third-order valence-electron chi connectivity index (χ3n) is 4.06. The fourth-order valence-electron chi connectivity index (χ4n) is 2.16. The Morgan fingerprint density at radius 2 is 2.00 bits per heavy atom. The van der Waals surface area contributed by atoms with E-state index in [1.54, 1.807) is 4.42 Å². The van der Waals surface area contributed by atoms with E-state index in [9.17, 15) is 9.59 Å². The third-order valence-corrected chi connectivity index (χ3v) is 4.57. The normalized spacial score (nSPS) is 17.2. The number of hydrogen-bond donors (Lipinski definition) is 1. The Kier molecular flexibility index (Phi) is 11.3. The van der Waals surface area contributed by atoms with Crippen LogP contribution in [-0.4, -0.2) is 51.5 Å².